The summed E-state index contributed by atoms with van der Waals surface area (Å²) >= 11 is 3.43. The Morgan fingerprint density at radius 3 is 2.44 bits per heavy atom. The first kappa shape index (κ1) is 17.9. The number of thiophene rings is 2. The second-order valence-corrected chi connectivity index (χ2v) is 7.97. The monoisotopic (exact) mass is 371 g/mol. The third-order valence-electron chi connectivity index (χ3n) is 4.18. The molecule has 0 fully saturated rings. The van der Waals surface area contributed by atoms with Crippen molar-refractivity contribution < 1.29 is 9.69 Å². The Morgan fingerprint density at radius 2 is 1.80 bits per heavy atom. The molecule has 1 unspecified atom stereocenters. The zero-order valence-electron chi connectivity index (χ0n) is 14.3. The average molecular weight is 372 g/mol. The van der Waals surface area contributed by atoms with E-state index >= 15 is 0 Å². The molecule has 25 heavy (non-hydrogen) atoms. The van der Waals surface area contributed by atoms with E-state index in [9.17, 15) is 4.79 Å². The SMILES string of the molecule is CC[NH+](CC(=O)N[C@H](c1ccccc1)c1cccs1)Cc1cccs1. The number of rotatable bonds is 8. The van der Waals surface area contributed by atoms with Crippen LogP contribution in [0.25, 0.3) is 0 Å². The van der Waals surface area contributed by atoms with Gasteiger partial charge in [0, 0.05) is 4.88 Å². The fraction of sp³-hybridized carbons (Fsp3) is 0.250. The molecule has 0 aliphatic heterocycles. The van der Waals surface area contributed by atoms with Crippen LogP contribution in [0.4, 0.5) is 0 Å². The van der Waals surface area contributed by atoms with Crippen LogP contribution in [0.5, 0.6) is 0 Å². The lowest BCUT2D eigenvalue weighted by molar-refractivity contribution is -0.903. The molecule has 1 aromatic carbocycles. The second kappa shape index (κ2) is 8.94. The van der Waals surface area contributed by atoms with Gasteiger partial charge in [-0.25, -0.2) is 0 Å². The molecular formula is C20H23N2OS2+. The topological polar surface area (TPSA) is 33.5 Å². The van der Waals surface area contributed by atoms with E-state index in [1.54, 1.807) is 22.7 Å². The van der Waals surface area contributed by atoms with Gasteiger partial charge in [-0.3, -0.25) is 4.79 Å². The van der Waals surface area contributed by atoms with Crippen LogP contribution in [-0.4, -0.2) is 19.0 Å². The van der Waals surface area contributed by atoms with Crippen LogP contribution in [0, 0.1) is 0 Å². The van der Waals surface area contributed by atoms with E-state index in [-0.39, 0.29) is 11.9 Å². The molecule has 0 saturated carbocycles. The standard InChI is InChI=1S/C20H22N2OS2/c1-2-22(14-17-10-6-12-24-17)15-19(23)21-20(18-11-7-13-25-18)16-8-4-3-5-9-16/h3-13,20H,2,14-15H2,1H3,(H,21,23)/p+1/t20-/m1/s1. The van der Waals surface area contributed by atoms with E-state index in [1.165, 1.54) is 9.78 Å². The molecule has 0 bridgehead atoms. The third-order valence-corrected chi connectivity index (χ3v) is 5.99. The first-order valence-electron chi connectivity index (χ1n) is 8.50. The van der Waals surface area contributed by atoms with E-state index in [0.29, 0.717) is 6.54 Å². The van der Waals surface area contributed by atoms with E-state index in [4.69, 9.17) is 0 Å². The number of carbonyl (C=O) groups is 1. The summed E-state index contributed by atoms with van der Waals surface area (Å²) < 4.78 is 0. The Kier molecular flexibility index (Phi) is 6.39. The Bertz CT molecular complexity index is 754. The number of quaternary nitrogens is 1. The van der Waals surface area contributed by atoms with E-state index < -0.39 is 0 Å². The molecular weight excluding hydrogens is 348 g/mol. The molecule has 130 valence electrons. The summed E-state index contributed by atoms with van der Waals surface area (Å²) in [6, 6.07) is 18.4. The van der Waals surface area contributed by atoms with Gasteiger partial charge in [0.2, 0.25) is 0 Å². The second-order valence-electron chi connectivity index (χ2n) is 5.96. The van der Waals surface area contributed by atoms with Crippen molar-refractivity contribution in [3.05, 3.63) is 80.7 Å². The Morgan fingerprint density at radius 1 is 1.04 bits per heavy atom. The maximum Gasteiger partial charge on any atom is 0.275 e. The smallest absolute Gasteiger partial charge is 0.275 e. The number of carbonyl (C=O) groups excluding carboxylic acids is 1. The number of nitrogens with one attached hydrogen (secondary N) is 2. The Labute approximate surface area is 156 Å². The van der Waals surface area contributed by atoms with Gasteiger partial charge in [0.1, 0.15) is 6.54 Å². The van der Waals surface area contributed by atoms with Crippen LogP contribution in [0.3, 0.4) is 0 Å². The number of benzene rings is 1. The van der Waals surface area contributed by atoms with Crippen molar-refractivity contribution in [2.75, 3.05) is 13.1 Å². The van der Waals surface area contributed by atoms with Crippen LogP contribution in [0.1, 0.15) is 28.3 Å². The van der Waals surface area contributed by atoms with Gasteiger partial charge in [-0.15, -0.1) is 22.7 Å². The van der Waals surface area contributed by atoms with Crippen LogP contribution in [-0.2, 0) is 11.3 Å². The average Bonchev–Trinajstić information content (AvgIpc) is 3.34. The quantitative estimate of drug-likeness (QED) is 0.627. The van der Waals surface area contributed by atoms with Crippen molar-refractivity contribution in [1.82, 2.24) is 5.32 Å². The minimum Gasteiger partial charge on any atom is -0.339 e. The summed E-state index contributed by atoms with van der Waals surface area (Å²) in [5.74, 6) is 0.0932. The van der Waals surface area contributed by atoms with Crippen molar-refractivity contribution >= 4 is 28.6 Å². The van der Waals surface area contributed by atoms with Crippen molar-refractivity contribution in [1.29, 1.82) is 0 Å². The highest BCUT2D eigenvalue weighted by atomic mass is 32.1. The van der Waals surface area contributed by atoms with Crippen molar-refractivity contribution in [2.45, 2.75) is 19.5 Å². The lowest BCUT2D eigenvalue weighted by Crippen LogP contribution is -3.11. The van der Waals surface area contributed by atoms with E-state index in [0.717, 1.165) is 23.5 Å². The summed E-state index contributed by atoms with van der Waals surface area (Å²) in [6.07, 6.45) is 0. The van der Waals surface area contributed by atoms with Crippen molar-refractivity contribution in [3.8, 4) is 0 Å². The lowest BCUT2D eigenvalue weighted by Gasteiger charge is -2.21. The van der Waals surface area contributed by atoms with Gasteiger partial charge in [0.15, 0.2) is 6.54 Å². The van der Waals surface area contributed by atoms with Crippen LogP contribution in [0.15, 0.2) is 65.4 Å². The van der Waals surface area contributed by atoms with Crippen LogP contribution >= 0.6 is 22.7 Å². The normalized spacial score (nSPS) is 13.3. The molecule has 0 aliphatic rings. The zero-order chi connectivity index (χ0) is 17.5. The molecule has 3 aromatic rings. The van der Waals surface area contributed by atoms with Gasteiger partial charge in [0.05, 0.1) is 17.5 Å². The highest BCUT2D eigenvalue weighted by molar-refractivity contribution is 7.10. The maximum atomic E-state index is 12.7. The zero-order valence-corrected chi connectivity index (χ0v) is 15.9. The van der Waals surface area contributed by atoms with Gasteiger partial charge in [0.25, 0.3) is 5.91 Å². The van der Waals surface area contributed by atoms with Crippen molar-refractivity contribution in [3.63, 3.8) is 0 Å². The third kappa shape index (κ3) is 5.01. The first-order valence-corrected chi connectivity index (χ1v) is 10.3. The van der Waals surface area contributed by atoms with Crippen LogP contribution < -0.4 is 10.2 Å². The maximum absolute atomic E-state index is 12.7. The molecule has 0 saturated heterocycles. The molecule has 0 radical (unpaired) electrons. The lowest BCUT2D eigenvalue weighted by atomic mass is 10.1. The summed E-state index contributed by atoms with van der Waals surface area (Å²) in [5, 5.41) is 7.38. The van der Waals surface area contributed by atoms with Gasteiger partial charge in [-0.05, 0) is 35.4 Å². The minimum atomic E-state index is -0.0754. The minimum absolute atomic E-state index is 0.0754. The molecule has 5 heteroatoms. The molecule has 0 aliphatic carbocycles. The largest absolute Gasteiger partial charge is 0.339 e. The molecule has 2 heterocycles. The predicted molar refractivity (Wildman–Crippen MR) is 105 cm³/mol. The Hall–Kier alpha value is -1.95. The molecule has 1 amide bonds. The number of amides is 1. The summed E-state index contributed by atoms with van der Waals surface area (Å²) in [7, 11) is 0. The molecule has 2 N–H and O–H groups in total. The Balaban J connectivity index is 1.68. The molecule has 0 spiro atoms. The first-order chi connectivity index (χ1) is 12.3. The molecule has 2 aromatic heterocycles. The molecule has 3 nitrogen and oxygen atoms in total. The van der Waals surface area contributed by atoms with Gasteiger partial charge >= 0.3 is 0 Å². The number of hydrogen-bond acceptors (Lipinski definition) is 3. The van der Waals surface area contributed by atoms with Gasteiger partial charge in [-0.2, -0.15) is 0 Å². The van der Waals surface area contributed by atoms with E-state index in [1.807, 2.05) is 24.3 Å². The highest BCUT2D eigenvalue weighted by Crippen LogP contribution is 2.25. The summed E-state index contributed by atoms with van der Waals surface area (Å²) in [5.41, 5.74) is 1.12. The fourth-order valence-corrected chi connectivity index (χ4v) is 4.41. The van der Waals surface area contributed by atoms with Crippen LogP contribution in [0.2, 0.25) is 0 Å². The predicted octanol–water partition coefficient (Wildman–Crippen LogP) is 3.12. The van der Waals surface area contributed by atoms with Gasteiger partial charge in [-0.1, -0.05) is 42.5 Å². The summed E-state index contributed by atoms with van der Waals surface area (Å²) in [6.45, 7) is 4.45. The van der Waals surface area contributed by atoms with Gasteiger partial charge < -0.3 is 10.2 Å². The van der Waals surface area contributed by atoms with Crippen molar-refractivity contribution in [2.24, 2.45) is 0 Å². The van der Waals surface area contributed by atoms with E-state index in [2.05, 4.69) is 53.3 Å². The summed E-state index contributed by atoms with van der Waals surface area (Å²) in [4.78, 5) is 16.5. The molecule has 2 atom stereocenters. The molecule has 3 rings (SSSR count). The highest BCUT2D eigenvalue weighted by Gasteiger charge is 2.20. The number of likely N-dealkylation sites (N-methyl/N-ethyl adjacent to an activating group) is 1. The number of hydrogen-bond donors (Lipinski definition) is 2. The fourth-order valence-electron chi connectivity index (χ4n) is 2.83.